The molecule has 4 aromatic rings. The zero-order chi connectivity index (χ0) is 24.7. The van der Waals surface area contributed by atoms with E-state index < -0.39 is 0 Å². The predicted octanol–water partition coefficient (Wildman–Crippen LogP) is 8.16. The number of thioether (sulfide) groups is 1. The SMILES string of the molecule is Cc1c(Cl)cccc1N=C1NC(=O)/C(=C/c2c(C)n(Cc3ccc(Cl)cc3Cl)c3ccccc23)S1. The lowest BCUT2D eigenvalue weighted by Crippen LogP contribution is -2.19. The minimum Gasteiger partial charge on any atom is -0.340 e. The molecule has 3 aromatic carbocycles. The van der Waals surface area contributed by atoms with E-state index in [1.165, 1.54) is 11.8 Å². The lowest BCUT2D eigenvalue weighted by molar-refractivity contribution is -0.115. The molecule has 0 spiro atoms. The first kappa shape index (κ1) is 24.0. The second kappa shape index (κ2) is 9.75. The Morgan fingerprint density at radius 1 is 1.00 bits per heavy atom. The summed E-state index contributed by atoms with van der Waals surface area (Å²) < 4.78 is 2.21. The van der Waals surface area contributed by atoms with Gasteiger partial charge in [0.2, 0.25) is 0 Å². The third kappa shape index (κ3) is 4.74. The third-order valence-corrected chi connectivity index (χ3v) is 7.92. The van der Waals surface area contributed by atoms with Crippen LogP contribution in [0.3, 0.4) is 0 Å². The van der Waals surface area contributed by atoms with Crippen molar-refractivity contribution < 1.29 is 4.79 Å². The van der Waals surface area contributed by atoms with E-state index in [1.807, 2.05) is 55.5 Å². The first-order valence-corrected chi connectivity index (χ1v) is 12.8. The molecule has 1 fully saturated rings. The molecule has 0 saturated carbocycles. The summed E-state index contributed by atoms with van der Waals surface area (Å²) in [6.07, 6.45) is 1.94. The Kier molecular flexibility index (Phi) is 6.69. The van der Waals surface area contributed by atoms with Crippen LogP contribution >= 0.6 is 46.6 Å². The number of amides is 1. The number of aromatic nitrogens is 1. The Morgan fingerprint density at radius 3 is 2.60 bits per heavy atom. The number of aliphatic imine (C=N–C) groups is 1. The molecule has 1 aliphatic heterocycles. The van der Waals surface area contributed by atoms with E-state index in [1.54, 1.807) is 6.07 Å². The Morgan fingerprint density at radius 2 is 1.80 bits per heavy atom. The maximum atomic E-state index is 12.8. The number of halogens is 3. The Bertz CT molecular complexity index is 1560. The van der Waals surface area contributed by atoms with Crippen LogP contribution in [0.2, 0.25) is 15.1 Å². The average Bonchev–Trinajstić information content (AvgIpc) is 3.30. The van der Waals surface area contributed by atoms with Crippen LogP contribution in [0.1, 0.15) is 22.4 Å². The number of nitrogens with zero attached hydrogens (tertiary/aromatic N) is 2. The van der Waals surface area contributed by atoms with Crippen molar-refractivity contribution in [1.29, 1.82) is 0 Å². The summed E-state index contributed by atoms with van der Waals surface area (Å²) in [6.45, 7) is 4.55. The van der Waals surface area contributed by atoms with Crippen molar-refractivity contribution in [3.63, 3.8) is 0 Å². The zero-order valence-electron chi connectivity index (χ0n) is 18.9. The fourth-order valence-electron chi connectivity index (χ4n) is 4.10. The molecule has 1 saturated heterocycles. The number of fused-ring (bicyclic) bond motifs is 1. The quantitative estimate of drug-likeness (QED) is 0.265. The van der Waals surface area contributed by atoms with Crippen LogP contribution in [0, 0.1) is 13.8 Å². The number of carbonyl (C=O) groups excluding carboxylic acids is 1. The molecule has 0 aliphatic carbocycles. The highest BCUT2D eigenvalue weighted by atomic mass is 35.5. The van der Waals surface area contributed by atoms with Gasteiger partial charge in [-0.3, -0.25) is 4.79 Å². The van der Waals surface area contributed by atoms with Crippen LogP contribution in [0.15, 0.2) is 70.6 Å². The highest BCUT2D eigenvalue weighted by Crippen LogP contribution is 2.35. The van der Waals surface area contributed by atoms with Gasteiger partial charge in [0.25, 0.3) is 5.91 Å². The van der Waals surface area contributed by atoms with E-state index >= 15 is 0 Å². The van der Waals surface area contributed by atoms with Gasteiger partial charge in [-0.05, 0) is 73.1 Å². The normalized spacial score (nSPS) is 16.0. The van der Waals surface area contributed by atoms with Crippen LogP contribution in [0.4, 0.5) is 5.69 Å². The predicted molar refractivity (Wildman–Crippen MR) is 149 cm³/mol. The van der Waals surface area contributed by atoms with Crippen LogP contribution in [-0.2, 0) is 11.3 Å². The molecule has 35 heavy (non-hydrogen) atoms. The number of amidine groups is 1. The summed E-state index contributed by atoms with van der Waals surface area (Å²) in [5.41, 5.74) is 5.66. The first-order chi connectivity index (χ1) is 16.8. The third-order valence-electron chi connectivity index (χ3n) is 6.01. The Labute approximate surface area is 222 Å². The second-order valence-electron chi connectivity index (χ2n) is 8.20. The van der Waals surface area contributed by atoms with Gasteiger partial charge in [0.15, 0.2) is 5.17 Å². The molecule has 4 nitrogen and oxygen atoms in total. The van der Waals surface area contributed by atoms with Gasteiger partial charge in [-0.15, -0.1) is 0 Å². The lowest BCUT2D eigenvalue weighted by Gasteiger charge is -2.10. The molecule has 176 valence electrons. The van der Waals surface area contributed by atoms with E-state index in [2.05, 4.69) is 33.9 Å². The van der Waals surface area contributed by atoms with E-state index in [0.29, 0.717) is 31.7 Å². The van der Waals surface area contributed by atoms with Crippen LogP contribution < -0.4 is 5.32 Å². The van der Waals surface area contributed by atoms with Gasteiger partial charge in [-0.2, -0.15) is 0 Å². The van der Waals surface area contributed by atoms with Gasteiger partial charge in [-0.25, -0.2) is 4.99 Å². The highest BCUT2D eigenvalue weighted by Gasteiger charge is 2.25. The van der Waals surface area contributed by atoms with E-state index in [0.717, 1.165) is 39.0 Å². The van der Waals surface area contributed by atoms with Crippen molar-refractivity contribution in [2.75, 3.05) is 0 Å². The van der Waals surface area contributed by atoms with Crippen molar-refractivity contribution >= 4 is 80.3 Å². The summed E-state index contributed by atoms with van der Waals surface area (Å²) in [7, 11) is 0. The first-order valence-electron chi connectivity index (χ1n) is 10.9. The maximum absolute atomic E-state index is 12.8. The number of para-hydroxylation sites is 1. The standard InChI is InChI=1S/C27H20Cl3N3OS/c1-15-21(29)7-5-8-23(15)31-27-32-26(34)25(35-27)13-20-16(2)33(24-9-4-3-6-19(20)24)14-17-10-11-18(28)12-22(17)30/h3-13H,14H2,1-2H3,(H,31,32,34)/b25-13-. The van der Waals surface area contributed by atoms with Gasteiger partial charge in [-0.1, -0.05) is 65.1 Å². The van der Waals surface area contributed by atoms with Gasteiger partial charge < -0.3 is 9.88 Å². The summed E-state index contributed by atoms with van der Waals surface area (Å²) in [5.74, 6) is -0.176. The largest absolute Gasteiger partial charge is 0.340 e. The van der Waals surface area contributed by atoms with Crippen LogP contribution in [0.5, 0.6) is 0 Å². The number of hydrogen-bond acceptors (Lipinski definition) is 3. The van der Waals surface area contributed by atoms with Crippen molar-refractivity contribution in [2.24, 2.45) is 4.99 Å². The molecule has 1 amide bonds. The number of nitrogens with one attached hydrogen (secondary N) is 1. The summed E-state index contributed by atoms with van der Waals surface area (Å²) in [6, 6.07) is 19.2. The van der Waals surface area contributed by atoms with Crippen molar-refractivity contribution in [3.05, 3.63) is 103 Å². The minimum absolute atomic E-state index is 0.176. The molecular weight excluding hydrogens is 521 g/mol. The molecule has 0 unspecified atom stereocenters. The van der Waals surface area contributed by atoms with Gasteiger partial charge in [0, 0.05) is 43.8 Å². The Hall–Kier alpha value is -2.70. The van der Waals surface area contributed by atoms with Crippen molar-refractivity contribution in [3.8, 4) is 0 Å². The van der Waals surface area contributed by atoms with E-state index in [4.69, 9.17) is 34.8 Å². The van der Waals surface area contributed by atoms with Gasteiger partial charge in [0.1, 0.15) is 0 Å². The smallest absolute Gasteiger partial charge is 0.264 e. The van der Waals surface area contributed by atoms with Crippen molar-refractivity contribution in [2.45, 2.75) is 20.4 Å². The van der Waals surface area contributed by atoms with Crippen LogP contribution in [-0.4, -0.2) is 15.6 Å². The molecule has 8 heteroatoms. The van der Waals surface area contributed by atoms with Crippen molar-refractivity contribution in [1.82, 2.24) is 9.88 Å². The molecule has 2 heterocycles. The van der Waals surface area contributed by atoms with Crippen LogP contribution in [0.25, 0.3) is 17.0 Å². The number of rotatable bonds is 4. The molecule has 1 N–H and O–H groups in total. The maximum Gasteiger partial charge on any atom is 0.264 e. The lowest BCUT2D eigenvalue weighted by atomic mass is 10.1. The molecular formula is C27H20Cl3N3OS. The number of hydrogen-bond donors (Lipinski definition) is 1. The molecule has 0 bridgehead atoms. The molecule has 1 aromatic heterocycles. The van der Waals surface area contributed by atoms with E-state index in [9.17, 15) is 4.79 Å². The van der Waals surface area contributed by atoms with Gasteiger partial charge in [0.05, 0.1) is 10.6 Å². The number of carbonyl (C=O) groups is 1. The molecule has 0 atom stereocenters. The minimum atomic E-state index is -0.176. The van der Waals surface area contributed by atoms with Gasteiger partial charge >= 0.3 is 0 Å². The number of benzene rings is 3. The zero-order valence-corrected chi connectivity index (χ0v) is 22.0. The second-order valence-corrected chi connectivity index (χ2v) is 10.5. The molecule has 0 radical (unpaired) electrons. The average molecular weight is 541 g/mol. The topological polar surface area (TPSA) is 46.4 Å². The summed E-state index contributed by atoms with van der Waals surface area (Å²) in [5, 5.41) is 6.33. The molecule has 1 aliphatic rings. The Balaban J connectivity index is 1.53. The van der Waals surface area contributed by atoms with E-state index in [-0.39, 0.29) is 5.91 Å². The fraction of sp³-hybridized carbons (Fsp3) is 0.111. The summed E-state index contributed by atoms with van der Waals surface area (Å²) >= 11 is 20.1. The fourth-order valence-corrected chi connectivity index (χ4v) is 5.56. The highest BCUT2D eigenvalue weighted by molar-refractivity contribution is 8.18. The summed E-state index contributed by atoms with van der Waals surface area (Å²) in [4.78, 5) is 18.0. The monoisotopic (exact) mass is 539 g/mol. The molecule has 5 rings (SSSR count).